The molecule has 1 aromatic heterocycles. The highest BCUT2D eigenvalue weighted by molar-refractivity contribution is 5.76. The third kappa shape index (κ3) is 4.93. The fraction of sp³-hybridized carbons (Fsp3) is 0.200. The molecule has 1 amide bonds. The lowest BCUT2D eigenvalue weighted by atomic mass is 9.87. The van der Waals surface area contributed by atoms with Crippen LogP contribution in [0.15, 0.2) is 61.1 Å². The van der Waals surface area contributed by atoms with E-state index in [1.165, 1.54) is 12.5 Å². The van der Waals surface area contributed by atoms with Crippen LogP contribution in [0, 0.1) is 6.92 Å². The van der Waals surface area contributed by atoms with E-state index in [-0.39, 0.29) is 6.42 Å². The molecule has 1 atom stereocenters. The molecule has 3 rings (SSSR count). The number of amides is 1. The highest BCUT2D eigenvalue weighted by Gasteiger charge is 2.35. The molecule has 3 aromatic rings. The van der Waals surface area contributed by atoms with Crippen LogP contribution in [-0.2, 0) is 10.4 Å². The van der Waals surface area contributed by atoms with Crippen molar-refractivity contribution >= 4 is 5.91 Å². The molecule has 7 nitrogen and oxygen atoms in total. The van der Waals surface area contributed by atoms with Gasteiger partial charge in [0.1, 0.15) is 17.1 Å². The number of benzene rings is 2. The monoisotopic (exact) mass is 369 g/mol. The Balaban J connectivity index is 0.00000126. The van der Waals surface area contributed by atoms with E-state index in [0.717, 1.165) is 12.7 Å². The molecule has 0 bridgehead atoms. The van der Waals surface area contributed by atoms with Crippen molar-refractivity contribution in [3.8, 4) is 11.5 Å². The Morgan fingerprint density at radius 3 is 2.44 bits per heavy atom. The molecule has 1 heterocycles. The predicted molar refractivity (Wildman–Crippen MR) is 101 cm³/mol. The zero-order valence-corrected chi connectivity index (χ0v) is 15.2. The molecular formula is C20H23N3O4. The summed E-state index contributed by atoms with van der Waals surface area (Å²) in [5, 5.41) is 18.1. The number of nitrogens with two attached hydrogens (primary N) is 1. The van der Waals surface area contributed by atoms with E-state index < -0.39 is 11.5 Å². The smallest absolute Gasteiger partial charge is 0.221 e. The van der Waals surface area contributed by atoms with Crippen LogP contribution in [0.1, 0.15) is 23.2 Å². The Hall–Kier alpha value is -3.16. The number of rotatable bonds is 6. The van der Waals surface area contributed by atoms with Crippen LogP contribution in [0.5, 0.6) is 11.5 Å². The molecule has 1 unspecified atom stereocenters. The average Bonchev–Trinajstić information content (AvgIpc) is 3.18. The van der Waals surface area contributed by atoms with Gasteiger partial charge in [-0.2, -0.15) is 0 Å². The minimum absolute atomic E-state index is 0.275. The molecule has 5 N–H and O–H groups in total. The zero-order valence-electron chi connectivity index (χ0n) is 15.2. The van der Waals surface area contributed by atoms with Gasteiger partial charge >= 0.3 is 0 Å². The number of H-pyrrole nitrogens is 1. The van der Waals surface area contributed by atoms with Gasteiger partial charge in [0.05, 0.1) is 24.6 Å². The van der Waals surface area contributed by atoms with E-state index in [9.17, 15) is 9.90 Å². The second kappa shape index (κ2) is 8.98. The Bertz CT molecular complexity index is 880. The number of hydrogen-bond donors (Lipinski definition) is 4. The Morgan fingerprint density at radius 1 is 1.19 bits per heavy atom. The summed E-state index contributed by atoms with van der Waals surface area (Å²) in [6, 6.07) is 14.6. The molecule has 0 saturated heterocycles. The number of carbonyl (C=O) groups excluding carboxylic acids is 1. The molecule has 142 valence electrons. The van der Waals surface area contributed by atoms with Gasteiger partial charge < -0.3 is 25.7 Å². The Morgan fingerprint density at radius 2 is 1.85 bits per heavy atom. The van der Waals surface area contributed by atoms with Gasteiger partial charge in [0.25, 0.3) is 0 Å². The van der Waals surface area contributed by atoms with Crippen LogP contribution >= 0.6 is 0 Å². The maximum atomic E-state index is 11.5. The van der Waals surface area contributed by atoms with Crippen LogP contribution in [0.25, 0.3) is 0 Å². The molecule has 0 aliphatic carbocycles. The van der Waals surface area contributed by atoms with Gasteiger partial charge in [-0.05, 0) is 42.3 Å². The van der Waals surface area contributed by atoms with Crippen LogP contribution < -0.4 is 10.5 Å². The van der Waals surface area contributed by atoms with E-state index >= 15 is 0 Å². The summed E-state index contributed by atoms with van der Waals surface area (Å²) in [6.45, 7) is 1.98. The number of carbonyl (C=O) groups is 1. The minimum atomic E-state index is -1.60. The third-order valence-electron chi connectivity index (χ3n) is 3.91. The lowest BCUT2D eigenvalue weighted by Gasteiger charge is -2.26. The predicted octanol–water partition coefficient (Wildman–Crippen LogP) is 2.23. The Kier molecular flexibility index (Phi) is 6.70. The van der Waals surface area contributed by atoms with Gasteiger partial charge in [-0.25, -0.2) is 4.98 Å². The first kappa shape index (κ1) is 20.2. The number of aromatic nitrogens is 2. The van der Waals surface area contributed by atoms with E-state index in [0.29, 0.717) is 22.8 Å². The molecule has 0 radical (unpaired) electrons. The zero-order chi connectivity index (χ0) is 19.9. The molecule has 0 saturated carbocycles. The van der Waals surface area contributed by atoms with Crippen molar-refractivity contribution in [1.82, 2.24) is 9.97 Å². The highest BCUT2D eigenvalue weighted by atomic mass is 16.5. The minimum Gasteiger partial charge on any atom is -0.457 e. The largest absolute Gasteiger partial charge is 0.457 e. The molecule has 0 aliphatic heterocycles. The SMILES string of the molecule is CO.Cc1cccc(Oc2cccc(C(O)(CC(N)=O)c3cnc[nH]3)c2)c1. The molecule has 2 aromatic carbocycles. The van der Waals surface area contributed by atoms with Crippen LogP contribution in [0.3, 0.4) is 0 Å². The topological polar surface area (TPSA) is 121 Å². The fourth-order valence-corrected chi connectivity index (χ4v) is 2.72. The van der Waals surface area contributed by atoms with Gasteiger partial charge in [0.15, 0.2) is 0 Å². The summed E-state index contributed by atoms with van der Waals surface area (Å²) in [5.41, 5.74) is 5.69. The third-order valence-corrected chi connectivity index (χ3v) is 3.91. The molecule has 7 heteroatoms. The quantitative estimate of drug-likeness (QED) is 0.531. The van der Waals surface area contributed by atoms with E-state index in [1.807, 2.05) is 31.2 Å². The number of nitrogens with one attached hydrogen (secondary N) is 1. The molecule has 0 aliphatic rings. The first-order chi connectivity index (χ1) is 13.0. The number of nitrogens with zero attached hydrogens (tertiary/aromatic N) is 1. The van der Waals surface area contributed by atoms with Gasteiger partial charge in [-0.1, -0.05) is 24.3 Å². The van der Waals surface area contributed by atoms with Crippen LogP contribution in [-0.4, -0.2) is 33.2 Å². The second-order valence-electron chi connectivity index (χ2n) is 5.92. The number of hydrogen-bond acceptors (Lipinski definition) is 5. The van der Waals surface area contributed by atoms with Crippen molar-refractivity contribution in [3.63, 3.8) is 0 Å². The highest BCUT2D eigenvalue weighted by Crippen LogP contribution is 2.34. The van der Waals surface area contributed by atoms with Crippen molar-refractivity contribution in [3.05, 3.63) is 77.9 Å². The van der Waals surface area contributed by atoms with E-state index in [4.69, 9.17) is 15.6 Å². The van der Waals surface area contributed by atoms with Gasteiger partial charge in [-0.3, -0.25) is 4.79 Å². The maximum absolute atomic E-state index is 11.5. The summed E-state index contributed by atoms with van der Waals surface area (Å²) in [4.78, 5) is 18.3. The maximum Gasteiger partial charge on any atom is 0.221 e. The van der Waals surface area contributed by atoms with Gasteiger partial charge in [0, 0.05) is 7.11 Å². The van der Waals surface area contributed by atoms with Crippen molar-refractivity contribution < 1.29 is 19.7 Å². The second-order valence-corrected chi connectivity index (χ2v) is 5.92. The van der Waals surface area contributed by atoms with Gasteiger partial charge in [-0.15, -0.1) is 0 Å². The first-order valence-electron chi connectivity index (χ1n) is 8.27. The van der Waals surface area contributed by atoms with Crippen molar-refractivity contribution in [2.75, 3.05) is 7.11 Å². The molecule has 0 fully saturated rings. The molecule has 27 heavy (non-hydrogen) atoms. The summed E-state index contributed by atoms with van der Waals surface area (Å²) < 4.78 is 5.86. The number of aromatic amines is 1. The first-order valence-corrected chi connectivity index (χ1v) is 8.27. The van der Waals surface area contributed by atoms with Crippen molar-refractivity contribution in [1.29, 1.82) is 0 Å². The fourth-order valence-electron chi connectivity index (χ4n) is 2.72. The number of imidazole rings is 1. The number of ether oxygens (including phenoxy) is 1. The lowest BCUT2D eigenvalue weighted by Crippen LogP contribution is -2.33. The normalized spacial score (nSPS) is 12.4. The van der Waals surface area contributed by atoms with E-state index in [2.05, 4.69) is 9.97 Å². The summed E-state index contributed by atoms with van der Waals surface area (Å²) in [7, 11) is 1.00. The average molecular weight is 369 g/mol. The Labute approximate surface area is 157 Å². The summed E-state index contributed by atoms with van der Waals surface area (Å²) >= 11 is 0. The number of aryl methyl sites for hydroxylation is 1. The summed E-state index contributed by atoms with van der Waals surface area (Å²) in [5.74, 6) is 0.616. The van der Waals surface area contributed by atoms with Crippen molar-refractivity contribution in [2.45, 2.75) is 18.9 Å². The van der Waals surface area contributed by atoms with Crippen LogP contribution in [0.2, 0.25) is 0 Å². The van der Waals surface area contributed by atoms with Gasteiger partial charge in [0.2, 0.25) is 5.91 Å². The molecular weight excluding hydrogens is 346 g/mol. The van der Waals surface area contributed by atoms with Crippen molar-refractivity contribution in [2.24, 2.45) is 5.73 Å². The number of primary amides is 1. The molecule has 0 spiro atoms. The lowest BCUT2D eigenvalue weighted by molar-refractivity contribution is -0.122. The standard InChI is InChI=1S/C19H19N3O3.CH4O/c1-13-4-2-6-15(8-13)25-16-7-3-5-14(9-16)19(24,10-18(20)23)17-11-21-12-22-17;1-2/h2-9,11-12,24H,10H2,1H3,(H2,20,23)(H,21,22);2H,1H3. The van der Waals surface area contributed by atoms with Crippen LogP contribution in [0.4, 0.5) is 0 Å². The van der Waals surface area contributed by atoms with E-state index in [1.54, 1.807) is 24.3 Å². The number of aliphatic hydroxyl groups is 2. The summed E-state index contributed by atoms with van der Waals surface area (Å²) in [6.07, 6.45) is 2.63. The number of aliphatic hydroxyl groups excluding tert-OH is 1.